The minimum Gasteiger partial charge on any atom is -0.383 e. The smallest absolute Gasteiger partial charge is 0.142 e. The average molecular weight is 185 g/mol. The standard InChI is InChI=1S/C9H7N5/c1-5-2-7-8(14-13-5)3-6(4-10)9(11)12-7/h2-3H,1H3,(H2,11,12). The molecule has 0 aliphatic carbocycles. The van der Waals surface area contributed by atoms with Crippen molar-refractivity contribution in [1.82, 2.24) is 15.2 Å². The number of rotatable bonds is 0. The van der Waals surface area contributed by atoms with Gasteiger partial charge in [0, 0.05) is 0 Å². The molecule has 2 rings (SSSR count). The van der Waals surface area contributed by atoms with Crippen molar-refractivity contribution in [3.8, 4) is 6.07 Å². The third kappa shape index (κ3) is 1.23. The minimum atomic E-state index is 0.229. The highest BCUT2D eigenvalue weighted by molar-refractivity contribution is 5.78. The molecule has 0 saturated heterocycles. The molecule has 0 bridgehead atoms. The van der Waals surface area contributed by atoms with Crippen molar-refractivity contribution >= 4 is 16.9 Å². The van der Waals surface area contributed by atoms with E-state index in [2.05, 4.69) is 15.2 Å². The van der Waals surface area contributed by atoms with Crippen LogP contribution in [0.25, 0.3) is 11.0 Å². The highest BCUT2D eigenvalue weighted by Crippen LogP contribution is 2.15. The van der Waals surface area contributed by atoms with E-state index in [1.54, 1.807) is 12.1 Å². The number of hydrogen-bond donors (Lipinski definition) is 1. The lowest BCUT2D eigenvalue weighted by Gasteiger charge is -1.99. The van der Waals surface area contributed by atoms with Gasteiger partial charge in [-0.3, -0.25) is 0 Å². The van der Waals surface area contributed by atoms with Crippen molar-refractivity contribution in [2.24, 2.45) is 0 Å². The predicted octanol–water partition coefficient (Wildman–Crippen LogP) is 0.787. The summed E-state index contributed by atoms with van der Waals surface area (Å²) < 4.78 is 0. The molecule has 0 fully saturated rings. The maximum Gasteiger partial charge on any atom is 0.142 e. The molecule has 0 unspecified atom stereocenters. The summed E-state index contributed by atoms with van der Waals surface area (Å²) in [6.07, 6.45) is 0. The number of anilines is 1. The summed E-state index contributed by atoms with van der Waals surface area (Å²) in [4.78, 5) is 4.06. The van der Waals surface area contributed by atoms with Gasteiger partial charge in [0.2, 0.25) is 0 Å². The second-order valence-corrected chi connectivity index (χ2v) is 2.92. The molecule has 0 aliphatic heterocycles. The number of nitrogens with zero attached hydrogens (tertiary/aromatic N) is 4. The van der Waals surface area contributed by atoms with Crippen LogP contribution in [0.3, 0.4) is 0 Å². The van der Waals surface area contributed by atoms with Crippen LogP contribution in [0.1, 0.15) is 11.3 Å². The van der Waals surface area contributed by atoms with Crippen LogP contribution in [0.5, 0.6) is 0 Å². The molecular weight excluding hydrogens is 178 g/mol. The fourth-order valence-electron chi connectivity index (χ4n) is 1.17. The molecule has 68 valence electrons. The molecule has 14 heavy (non-hydrogen) atoms. The Balaban J connectivity index is 2.81. The Labute approximate surface area is 80.2 Å². The normalized spacial score (nSPS) is 10.0. The van der Waals surface area contributed by atoms with Crippen molar-refractivity contribution in [3.05, 3.63) is 23.4 Å². The fourth-order valence-corrected chi connectivity index (χ4v) is 1.17. The Morgan fingerprint density at radius 2 is 2.07 bits per heavy atom. The number of nitrogen functional groups attached to an aromatic ring is 1. The molecule has 5 heteroatoms. The third-order valence-electron chi connectivity index (χ3n) is 1.84. The molecule has 2 aromatic rings. The van der Waals surface area contributed by atoms with E-state index in [4.69, 9.17) is 11.0 Å². The third-order valence-corrected chi connectivity index (χ3v) is 1.84. The van der Waals surface area contributed by atoms with Crippen molar-refractivity contribution in [3.63, 3.8) is 0 Å². The molecule has 0 spiro atoms. The Morgan fingerprint density at radius 1 is 1.29 bits per heavy atom. The van der Waals surface area contributed by atoms with Crippen LogP contribution in [0.2, 0.25) is 0 Å². The Bertz CT molecular complexity index is 541. The zero-order valence-corrected chi connectivity index (χ0v) is 7.52. The number of hydrogen-bond acceptors (Lipinski definition) is 5. The molecule has 0 amide bonds. The fraction of sp³-hybridized carbons (Fsp3) is 0.111. The summed E-state index contributed by atoms with van der Waals surface area (Å²) in [6, 6.07) is 5.31. The van der Waals surface area contributed by atoms with Gasteiger partial charge in [-0.1, -0.05) is 0 Å². The van der Waals surface area contributed by atoms with Crippen LogP contribution in [0.15, 0.2) is 12.1 Å². The van der Waals surface area contributed by atoms with Crippen LogP contribution in [0.4, 0.5) is 5.82 Å². The number of nitrogens with two attached hydrogens (primary N) is 1. The lowest BCUT2D eigenvalue weighted by Crippen LogP contribution is -1.97. The van der Waals surface area contributed by atoms with Gasteiger partial charge >= 0.3 is 0 Å². The van der Waals surface area contributed by atoms with Gasteiger partial charge in [0.25, 0.3) is 0 Å². The molecular formula is C9H7N5. The van der Waals surface area contributed by atoms with Crippen molar-refractivity contribution < 1.29 is 0 Å². The van der Waals surface area contributed by atoms with Crippen molar-refractivity contribution in [2.45, 2.75) is 6.92 Å². The van der Waals surface area contributed by atoms with Crippen molar-refractivity contribution in [1.29, 1.82) is 5.26 Å². The summed E-state index contributed by atoms with van der Waals surface area (Å²) in [5.74, 6) is 0.229. The Morgan fingerprint density at radius 3 is 2.79 bits per heavy atom. The zero-order chi connectivity index (χ0) is 10.1. The number of nitriles is 1. The number of pyridine rings is 1. The Kier molecular flexibility index (Phi) is 1.75. The highest BCUT2D eigenvalue weighted by Gasteiger charge is 2.04. The van der Waals surface area contributed by atoms with E-state index in [0.29, 0.717) is 16.6 Å². The molecule has 0 radical (unpaired) electrons. The molecule has 0 aromatic carbocycles. The number of fused-ring (bicyclic) bond motifs is 1. The van der Waals surface area contributed by atoms with Gasteiger partial charge in [0.1, 0.15) is 17.4 Å². The summed E-state index contributed by atoms with van der Waals surface area (Å²) in [6.45, 7) is 1.82. The molecule has 0 atom stereocenters. The van der Waals surface area contributed by atoms with Gasteiger partial charge in [-0.15, -0.1) is 5.10 Å². The first-order chi connectivity index (χ1) is 6.70. The highest BCUT2D eigenvalue weighted by atomic mass is 15.1. The monoisotopic (exact) mass is 185 g/mol. The first kappa shape index (κ1) is 8.38. The molecule has 0 aliphatic rings. The summed E-state index contributed by atoms with van der Waals surface area (Å²) in [7, 11) is 0. The zero-order valence-electron chi connectivity index (χ0n) is 7.52. The first-order valence-corrected chi connectivity index (χ1v) is 4.01. The SMILES string of the molecule is Cc1cc2nc(N)c(C#N)cc2nn1. The van der Waals surface area contributed by atoms with Crippen LogP contribution in [-0.2, 0) is 0 Å². The van der Waals surface area contributed by atoms with E-state index < -0.39 is 0 Å². The van der Waals surface area contributed by atoms with E-state index in [0.717, 1.165) is 5.69 Å². The van der Waals surface area contributed by atoms with E-state index in [1.165, 1.54) is 0 Å². The van der Waals surface area contributed by atoms with E-state index >= 15 is 0 Å². The summed E-state index contributed by atoms with van der Waals surface area (Å²) in [5.41, 5.74) is 7.91. The van der Waals surface area contributed by atoms with Gasteiger partial charge < -0.3 is 5.73 Å². The van der Waals surface area contributed by atoms with Crippen molar-refractivity contribution in [2.75, 3.05) is 5.73 Å². The summed E-state index contributed by atoms with van der Waals surface area (Å²) in [5, 5.41) is 16.5. The topological polar surface area (TPSA) is 88.5 Å². The van der Waals surface area contributed by atoms with E-state index in [-0.39, 0.29) is 5.82 Å². The molecule has 0 saturated carbocycles. The largest absolute Gasteiger partial charge is 0.383 e. The van der Waals surface area contributed by atoms with Gasteiger partial charge in [-0.2, -0.15) is 10.4 Å². The van der Waals surface area contributed by atoms with E-state index in [9.17, 15) is 0 Å². The van der Waals surface area contributed by atoms with Gasteiger partial charge in [0.05, 0.1) is 16.8 Å². The van der Waals surface area contributed by atoms with Crippen LogP contribution < -0.4 is 5.73 Å². The maximum absolute atomic E-state index is 8.71. The lowest BCUT2D eigenvalue weighted by molar-refractivity contribution is 1.01. The average Bonchev–Trinajstić information content (AvgIpc) is 2.16. The second kappa shape index (κ2) is 2.92. The van der Waals surface area contributed by atoms with Crippen LogP contribution in [0, 0.1) is 18.3 Å². The molecule has 2 N–H and O–H groups in total. The maximum atomic E-state index is 8.71. The minimum absolute atomic E-state index is 0.229. The molecule has 2 heterocycles. The van der Waals surface area contributed by atoms with Crippen LogP contribution in [-0.4, -0.2) is 15.2 Å². The quantitative estimate of drug-likeness (QED) is 0.655. The lowest BCUT2D eigenvalue weighted by atomic mass is 10.2. The first-order valence-electron chi connectivity index (χ1n) is 4.01. The molecule has 5 nitrogen and oxygen atoms in total. The predicted molar refractivity (Wildman–Crippen MR) is 51.2 cm³/mol. The van der Waals surface area contributed by atoms with Crippen LogP contribution >= 0.6 is 0 Å². The number of aromatic nitrogens is 3. The van der Waals surface area contributed by atoms with E-state index in [1.807, 2.05) is 13.0 Å². The number of aryl methyl sites for hydroxylation is 1. The van der Waals surface area contributed by atoms with Gasteiger partial charge in [0.15, 0.2) is 0 Å². The van der Waals surface area contributed by atoms with Gasteiger partial charge in [-0.25, -0.2) is 4.98 Å². The Hall–Kier alpha value is -2.22. The van der Waals surface area contributed by atoms with Gasteiger partial charge in [-0.05, 0) is 19.1 Å². The second-order valence-electron chi connectivity index (χ2n) is 2.92. The summed E-state index contributed by atoms with van der Waals surface area (Å²) >= 11 is 0. The molecule has 2 aromatic heterocycles.